The zero-order chi connectivity index (χ0) is 10.1. The molecule has 0 saturated carbocycles. The number of benzene rings is 1. The molecule has 1 aliphatic carbocycles. The van der Waals surface area contributed by atoms with Crippen molar-refractivity contribution >= 4 is 11.8 Å². The molecule has 1 aliphatic rings. The maximum Gasteiger partial charge on any atom is 0.313 e. The maximum absolute atomic E-state index is 11.5. The van der Waals surface area contributed by atoms with Gasteiger partial charge in [-0.15, -0.1) is 0 Å². The molecule has 1 atom stereocenters. The first-order chi connectivity index (χ1) is 6.74. The zero-order valence-electron chi connectivity index (χ0n) is 7.82. The molecule has 14 heavy (non-hydrogen) atoms. The van der Waals surface area contributed by atoms with E-state index in [2.05, 4.69) is 4.74 Å². The third-order valence-corrected chi connectivity index (χ3v) is 2.51. The molecule has 0 aromatic heterocycles. The van der Waals surface area contributed by atoms with E-state index in [1.807, 2.05) is 12.1 Å². The molecule has 0 aliphatic heterocycles. The van der Waals surface area contributed by atoms with E-state index in [1.54, 1.807) is 12.1 Å². The van der Waals surface area contributed by atoms with Crippen LogP contribution in [0.2, 0.25) is 0 Å². The Hall–Kier alpha value is -1.64. The van der Waals surface area contributed by atoms with Gasteiger partial charge in [0, 0.05) is 12.0 Å². The summed E-state index contributed by atoms with van der Waals surface area (Å²) >= 11 is 0. The van der Waals surface area contributed by atoms with Crippen LogP contribution in [0.3, 0.4) is 0 Å². The van der Waals surface area contributed by atoms with Crippen LogP contribution < -0.4 is 0 Å². The third-order valence-electron chi connectivity index (χ3n) is 2.51. The van der Waals surface area contributed by atoms with E-state index in [-0.39, 0.29) is 18.2 Å². The van der Waals surface area contributed by atoms with Crippen molar-refractivity contribution in [1.29, 1.82) is 0 Å². The van der Waals surface area contributed by atoms with E-state index < -0.39 is 5.92 Å². The molecule has 1 unspecified atom stereocenters. The van der Waals surface area contributed by atoms with Gasteiger partial charge in [-0.2, -0.15) is 0 Å². The fourth-order valence-electron chi connectivity index (χ4n) is 1.81. The highest BCUT2D eigenvalue weighted by atomic mass is 16.5. The van der Waals surface area contributed by atoms with Crippen molar-refractivity contribution in [2.45, 2.75) is 12.3 Å². The molecule has 0 heterocycles. The summed E-state index contributed by atoms with van der Waals surface area (Å²) in [7, 11) is 1.34. The Balaban J connectivity index is 2.44. The van der Waals surface area contributed by atoms with Crippen molar-refractivity contribution in [1.82, 2.24) is 0 Å². The molecule has 0 spiro atoms. The molecular formula is C11H10O3. The summed E-state index contributed by atoms with van der Waals surface area (Å²) in [5.41, 5.74) is 1.45. The van der Waals surface area contributed by atoms with Crippen LogP contribution in [0.4, 0.5) is 0 Å². The van der Waals surface area contributed by atoms with Crippen LogP contribution in [-0.2, 0) is 9.53 Å². The first-order valence-electron chi connectivity index (χ1n) is 4.44. The fourth-order valence-corrected chi connectivity index (χ4v) is 1.81. The van der Waals surface area contributed by atoms with Gasteiger partial charge in [0.25, 0.3) is 0 Å². The smallest absolute Gasteiger partial charge is 0.313 e. The van der Waals surface area contributed by atoms with E-state index in [0.717, 1.165) is 5.56 Å². The van der Waals surface area contributed by atoms with Gasteiger partial charge in [0.2, 0.25) is 0 Å². The number of carbonyl (C=O) groups excluding carboxylic acids is 2. The molecule has 3 nitrogen and oxygen atoms in total. The number of ether oxygens (including phenoxy) is 1. The van der Waals surface area contributed by atoms with Gasteiger partial charge in [0.1, 0.15) is 0 Å². The number of hydrogen-bond acceptors (Lipinski definition) is 3. The van der Waals surface area contributed by atoms with E-state index in [9.17, 15) is 9.59 Å². The zero-order valence-corrected chi connectivity index (χ0v) is 7.82. The van der Waals surface area contributed by atoms with Gasteiger partial charge in [-0.3, -0.25) is 9.59 Å². The highest BCUT2D eigenvalue weighted by Crippen LogP contribution is 2.33. The second kappa shape index (κ2) is 3.25. The average Bonchev–Trinajstić information content (AvgIpc) is 2.56. The van der Waals surface area contributed by atoms with Gasteiger partial charge in [-0.1, -0.05) is 24.3 Å². The molecule has 1 aromatic carbocycles. The molecule has 72 valence electrons. The third kappa shape index (κ3) is 1.21. The molecular weight excluding hydrogens is 180 g/mol. The van der Waals surface area contributed by atoms with Gasteiger partial charge in [-0.25, -0.2) is 0 Å². The number of hydrogen-bond donors (Lipinski definition) is 0. The predicted octanol–water partition coefficient (Wildman–Crippen LogP) is 1.53. The minimum absolute atomic E-state index is 0.0241. The standard InChI is InChI=1S/C11H10O3/c1-14-11(13)9-6-10(12)8-5-3-2-4-7(8)9/h2-5,9H,6H2,1H3. The maximum atomic E-state index is 11.5. The SMILES string of the molecule is COC(=O)C1CC(=O)c2ccccc21. The van der Waals surface area contributed by atoms with Gasteiger partial charge >= 0.3 is 5.97 Å². The van der Waals surface area contributed by atoms with E-state index in [1.165, 1.54) is 7.11 Å². The number of esters is 1. The number of rotatable bonds is 1. The van der Waals surface area contributed by atoms with Crippen LogP contribution in [0, 0.1) is 0 Å². The van der Waals surface area contributed by atoms with Crippen molar-refractivity contribution in [3.8, 4) is 0 Å². The topological polar surface area (TPSA) is 43.4 Å². The second-order valence-electron chi connectivity index (χ2n) is 3.29. The van der Waals surface area contributed by atoms with Crippen LogP contribution in [0.15, 0.2) is 24.3 Å². The molecule has 0 N–H and O–H groups in total. The minimum Gasteiger partial charge on any atom is -0.469 e. The molecule has 0 amide bonds. The van der Waals surface area contributed by atoms with E-state index in [0.29, 0.717) is 5.56 Å². The Bertz CT molecular complexity index is 395. The molecule has 0 saturated heterocycles. The first kappa shape index (κ1) is 8.94. The number of ketones is 1. The van der Waals surface area contributed by atoms with Crippen molar-refractivity contribution in [3.63, 3.8) is 0 Å². The van der Waals surface area contributed by atoms with Crippen molar-refractivity contribution < 1.29 is 14.3 Å². The molecule has 3 heteroatoms. The van der Waals surface area contributed by atoms with Crippen LogP contribution in [0.25, 0.3) is 0 Å². The summed E-state index contributed by atoms with van der Waals surface area (Å²) in [6.07, 6.45) is 0.242. The summed E-state index contributed by atoms with van der Waals surface area (Å²) < 4.78 is 4.65. The number of carbonyl (C=O) groups is 2. The highest BCUT2D eigenvalue weighted by Gasteiger charge is 2.34. The Morgan fingerprint density at radius 2 is 2.14 bits per heavy atom. The average molecular weight is 190 g/mol. The van der Waals surface area contributed by atoms with Crippen molar-refractivity contribution in [2.24, 2.45) is 0 Å². The Labute approximate surface area is 81.7 Å². The lowest BCUT2D eigenvalue weighted by molar-refractivity contribution is -0.142. The predicted molar refractivity (Wildman–Crippen MR) is 50.1 cm³/mol. The quantitative estimate of drug-likeness (QED) is 0.631. The summed E-state index contributed by atoms with van der Waals surface area (Å²) in [5.74, 6) is -0.706. The summed E-state index contributed by atoms with van der Waals surface area (Å²) in [5, 5.41) is 0. The Morgan fingerprint density at radius 1 is 1.43 bits per heavy atom. The summed E-state index contributed by atoms with van der Waals surface area (Å²) in [6.45, 7) is 0. The Kier molecular flexibility index (Phi) is 2.08. The molecule has 1 aromatic rings. The van der Waals surface area contributed by atoms with Crippen molar-refractivity contribution in [2.75, 3.05) is 7.11 Å². The van der Waals surface area contributed by atoms with Gasteiger partial charge in [0.05, 0.1) is 13.0 Å². The first-order valence-corrected chi connectivity index (χ1v) is 4.44. The van der Waals surface area contributed by atoms with E-state index >= 15 is 0 Å². The molecule has 0 radical (unpaired) electrons. The van der Waals surface area contributed by atoms with Crippen molar-refractivity contribution in [3.05, 3.63) is 35.4 Å². The minimum atomic E-state index is -0.399. The normalized spacial score (nSPS) is 19.2. The Morgan fingerprint density at radius 3 is 2.86 bits per heavy atom. The van der Waals surface area contributed by atoms with Crippen LogP contribution in [0.1, 0.15) is 28.3 Å². The number of methoxy groups -OCH3 is 1. The second-order valence-corrected chi connectivity index (χ2v) is 3.29. The lowest BCUT2D eigenvalue weighted by Crippen LogP contribution is -2.11. The van der Waals surface area contributed by atoms with Crippen LogP contribution in [0.5, 0.6) is 0 Å². The molecule has 0 fully saturated rings. The molecule has 2 rings (SSSR count). The van der Waals surface area contributed by atoms with E-state index in [4.69, 9.17) is 0 Å². The monoisotopic (exact) mass is 190 g/mol. The molecule has 0 bridgehead atoms. The fraction of sp³-hybridized carbons (Fsp3) is 0.273. The van der Waals surface area contributed by atoms with Gasteiger partial charge < -0.3 is 4.74 Å². The summed E-state index contributed by atoms with van der Waals surface area (Å²) in [6, 6.07) is 7.19. The van der Waals surface area contributed by atoms with Gasteiger partial charge in [0.15, 0.2) is 5.78 Å². The number of fused-ring (bicyclic) bond motifs is 1. The lowest BCUT2D eigenvalue weighted by atomic mass is 10.0. The highest BCUT2D eigenvalue weighted by molar-refractivity contribution is 6.05. The lowest BCUT2D eigenvalue weighted by Gasteiger charge is -2.06. The van der Waals surface area contributed by atoms with Gasteiger partial charge in [-0.05, 0) is 5.56 Å². The van der Waals surface area contributed by atoms with Crippen LogP contribution >= 0.6 is 0 Å². The summed E-state index contributed by atoms with van der Waals surface area (Å²) in [4.78, 5) is 22.8. The van der Waals surface area contributed by atoms with Crippen LogP contribution in [-0.4, -0.2) is 18.9 Å². The number of Topliss-reactive ketones (excluding diaryl/α,β-unsaturated/α-hetero) is 1. The largest absolute Gasteiger partial charge is 0.469 e.